The molecule has 0 aliphatic rings. The molecule has 0 saturated carbocycles. The molecule has 0 aliphatic heterocycles. The van der Waals surface area contributed by atoms with Gasteiger partial charge >= 0.3 is 0 Å². The minimum absolute atomic E-state index is 0.0484. The highest BCUT2D eigenvalue weighted by Gasteiger charge is 2.05. The molecule has 0 unspecified atom stereocenters. The van der Waals surface area contributed by atoms with Gasteiger partial charge in [-0.15, -0.1) is 11.3 Å². The monoisotopic (exact) mass is 313 g/mol. The van der Waals surface area contributed by atoms with Crippen molar-refractivity contribution in [1.29, 1.82) is 0 Å². The van der Waals surface area contributed by atoms with Crippen molar-refractivity contribution in [1.82, 2.24) is 19.7 Å². The summed E-state index contributed by atoms with van der Waals surface area (Å²) < 4.78 is 1.63. The maximum absolute atomic E-state index is 11.9. The van der Waals surface area contributed by atoms with Gasteiger partial charge in [0.2, 0.25) is 5.91 Å². The molecule has 1 amide bonds. The first-order valence-corrected chi connectivity index (χ1v) is 7.73. The molecule has 0 bridgehead atoms. The molecule has 112 valence electrons. The fourth-order valence-electron chi connectivity index (χ4n) is 2.01. The Hall–Kier alpha value is -2.54. The van der Waals surface area contributed by atoms with Gasteiger partial charge in [-0.1, -0.05) is 12.1 Å². The van der Waals surface area contributed by atoms with E-state index in [4.69, 9.17) is 0 Å². The Kier molecular flexibility index (Phi) is 4.24. The Bertz CT molecular complexity index is 749. The van der Waals surface area contributed by atoms with Crippen LogP contribution in [0.2, 0.25) is 0 Å². The molecule has 3 rings (SSSR count). The van der Waals surface area contributed by atoms with E-state index in [0.717, 1.165) is 22.0 Å². The average Bonchev–Trinajstić information content (AvgIpc) is 3.17. The summed E-state index contributed by atoms with van der Waals surface area (Å²) in [6.45, 7) is 2.50. The number of thiazole rings is 1. The molecule has 1 N–H and O–H groups in total. The lowest BCUT2D eigenvalue weighted by atomic mass is 10.1. The number of anilines is 1. The van der Waals surface area contributed by atoms with Crippen LogP contribution < -0.4 is 5.32 Å². The molecule has 0 saturated heterocycles. The van der Waals surface area contributed by atoms with Crippen LogP contribution >= 0.6 is 11.3 Å². The van der Waals surface area contributed by atoms with Crippen molar-refractivity contribution >= 4 is 22.9 Å². The van der Waals surface area contributed by atoms with Crippen LogP contribution in [0.4, 0.5) is 5.69 Å². The highest BCUT2D eigenvalue weighted by Crippen LogP contribution is 2.23. The molecule has 0 fully saturated rings. The Morgan fingerprint density at radius 1 is 1.32 bits per heavy atom. The average molecular weight is 313 g/mol. The van der Waals surface area contributed by atoms with Crippen LogP contribution in [0.5, 0.6) is 0 Å². The number of aryl methyl sites for hydroxylation is 2. The number of carbonyl (C=O) groups is 1. The molecule has 0 atom stereocenters. The summed E-state index contributed by atoms with van der Waals surface area (Å²) in [4.78, 5) is 20.2. The number of hydrogen-bond acceptors (Lipinski definition) is 5. The zero-order chi connectivity index (χ0) is 15.4. The van der Waals surface area contributed by atoms with Crippen molar-refractivity contribution in [3.05, 3.63) is 47.3 Å². The predicted molar refractivity (Wildman–Crippen MR) is 85.6 cm³/mol. The normalized spacial score (nSPS) is 10.6. The van der Waals surface area contributed by atoms with Crippen LogP contribution in [0.15, 0.2) is 42.3 Å². The number of rotatable bonds is 5. The van der Waals surface area contributed by atoms with Gasteiger partial charge in [-0.2, -0.15) is 5.10 Å². The topological polar surface area (TPSA) is 72.7 Å². The molecule has 2 heterocycles. The van der Waals surface area contributed by atoms with Gasteiger partial charge < -0.3 is 5.32 Å². The number of nitrogens with zero attached hydrogens (tertiary/aromatic N) is 4. The molecule has 7 heteroatoms. The lowest BCUT2D eigenvalue weighted by Crippen LogP contribution is -2.14. The van der Waals surface area contributed by atoms with E-state index in [1.165, 1.54) is 6.33 Å². The Morgan fingerprint density at radius 3 is 2.77 bits per heavy atom. The van der Waals surface area contributed by atoms with Crippen LogP contribution in [0.1, 0.15) is 11.4 Å². The number of amides is 1. The van der Waals surface area contributed by atoms with E-state index >= 15 is 0 Å². The fraction of sp³-hybridized carbons (Fsp3) is 0.200. The van der Waals surface area contributed by atoms with Gasteiger partial charge in [-0.25, -0.2) is 9.97 Å². The Labute approximate surface area is 131 Å². The van der Waals surface area contributed by atoms with E-state index in [2.05, 4.69) is 20.4 Å². The van der Waals surface area contributed by atoms with Crippen molar-refractivity contribution in [2.24, 2.45) is 0 Å². The molecule has 2 aromatic heterocycles. The maximum atomic E-state index is 11.9. The van der Waals surface area contributed by atoms with E-state index in [1.807, 2.05) is 36.6 Å². The molecule has 0 radical (unpaired) electrons. The van der Waals surface area contributed by atoms with Crippen molar-refractivity contribution < 1.29 is 4.79 Å². The van der Waals surface area contributed by atoms with Crippen LogP contribution in [0, 0.1) is 6.92 Å². The smallest absolute Gasteiger partial charge is 0.226 e. The van der Waals surface area contributed by atoms with Crippen molar-refractivity contribution in [2.45, 2.75) is 19.9 Å². The van der Waals surface area contributed by atoms with Crippen LogP contribution in [-0.2, 0) is 11.3 Å². The van der Waals surface area contributed by atoms with E-state index in [9.17, 15) is 4.79 Å². The summed E-state index contributed by atoms with van der Waals surface area (Å²) in [6, 6.07) is 7.69. The first-order chi connectivity index (χ1) is 10.7. The first kappa shape index (κ1) is 14.4. The third-order valence-electron chi connectivity index (χ3n) is 3.12. The minimum Gasteiger partial charge on any atom is -0.326 e. The first-order valence-electron chi connectivity index (χ1n) is 6.85. The summed E-state index contributed by atoms with van der Waals surface area (Å²) in [5.74, 6) is -0.0484. The van der Waals surface area contributed by atoms with Gasteiger partial charge in [-0.3, -0.25) is 9.48 Å². The van der Waals surface area contributed by atoms with Crippen molar-refractivity contribution in [3.8, 4) is 11.3 Å². The van der Waals surface area contributed by atoms with Gasteiger partial charge in [0, 0.05) is 23.1 Å². The lowest BCUT2D eigenvalue weighted by molar-refractivity contribution is -0.116. The third-order valence-corrected chi connectivity index (χ3v) is 3.89. The number of benzene rings is 1. The van der Waals surface area contributed by atoms with E-state index in [-0.39, 0.29) is 5.91 Å². The standard InChI is InChI=1S/C15H15N5OS/c1-11-18-14(8-22-11)12-2-4-13(5-3-12)19-15(21)6-7-20-10-16-9-17-20/h2-5,8-10H,6-7H2,1H3,(H,19,21). The van der Waals surface area contributed by atoms with Gasteiger partial charge in [0.05, 0.1) is 17.2 Å². The summed E-state index contributed by atoms with van der Waals surface area (Å²) in [7, 11) is 0. The van der Waals surface area contributed by atoms with Crippen LogP contribution in [0.25, 0.3) is 11.3 Å². The quantitative estimate of drug-likeness (QED) is 0.786. The van der Waals surface area contributed by atoms with Gasteiger partial charge in [0.25, 0.3) is 0 Å². The highest BCUT2D eigenvalue weighted by atomic mass is 32.1. The maximum Gasteiger partial charge on any atom is 0.226 e. The van der Waals surface area contributed by atoms with Gasteiger partial charge in [0.1, 0.15) is 12.7 Å². The minimum atomic E-state index is -0.0484. The highest BCUT2D eigenvalue weighted by molar-refractivity contribution is 7.09. The molecule has 0 spiro atoms. The van der Waals surface area contributed by atoms with Crippen molar-refractivity contribution in [2.75, 3.05) is 5.32 Å². The molecule has 6 nitrogen and oxygen atoms in total. The second-order valence-corrected chi connectivity index (χ2v) is 5.85. The number of carbonyl (C=O) groups excluding carboxylic acids is 1. The zero-order valence-corrected chi connectivity index (χ0v) is 12.9. The predicted octanol–water partition coefficient (Wildman–Crippen LogP) is 2.74. The molecule has 3 aromatic rings. The van der Waals surface area contributed by atoms with Gasteiger partial charge in [-0.05, 0) is 19.1 Å². The molecule has 0 aliphatic carbocycles. The second-order valence-electron chi connectivity index (χ2n) is 4.79. The summed E-state index contributed by atoms with van der Waals surface area (Å²) in [6.07, 6.45) is 3.41. The summed E-state index contributed by atoms with van der Waals surface area (Å²) in [5.41, 5.74) is 2.79. The number of aromatic nitrogens is 4. The van der Waals surface area contributed by atoms with E-state index in [0.29, 0.717) is 13.0 Å². The fourth-order valence-corrected chi connectivity index (χ4v) is 2.63. The van der Waals surface area contributed by atoms with Gasteiger partial charge in [0.15, 0.2) is 0 Å². The largest absolute Gasteiger partial charge is 0.326 e. The second kappa shape index (κ2) is 6.48. The Morgan fingerprint density at radius 2 is 2.14 bits per heavy atom. The van der Waals surface area contributed by atoms with Crippen LogP contribution in [0.3, 0.4) is 0 Å². The number of nitrogens with one attached hydrogen (secondary N) is 1. The molecular weight excluding hydrogens is 298 g/mol. The van der Waals surface area contributed by atoms with E-state index in [1.54, 1.807) is 22.3 Å². The summed E-state index contributed by atoms with van der Waals surface area (Å²) in [5, 5.41) is 9.90. The Balaban J connectivity index is 1.57. The molecule has 1 aromatic carbocycles. The SMILES string of the molecule is Cc1nc(-c2ccc(NC(=O)CCn3cncn3)cc2)cs1. The van der Waals surface area contributed by atoms with E-state index < -0.39 is 0 Å². The zero-order valence-electron chi connectivity index (χ0n) is 12.1. The van der Waals surface area contributed by atoms with Crippen LogP contribution in [-0.4, -0.2) is 25.7 Å². The third kappa shape index (κ3) is 3.56. The lowest BCUT2D eigenvalue weighted by Gasteiger charge is -2.06. The number of hydrogen-bond donors (Lipinski definition) is 1. The molecular formula is C15H15N5OS. The van der Waals surface area contributed by atoms with Crippen molar-refractivity contribution in [3.63, 3.8) is 0 Å². The summed E-state index contributed by atoms with van der Waals surface area (Å²) >= 11 is 1.63. The molecule has 22 heavy (non-hydrogen) atoms.